The smallest absolute Gasteiger partial charge is 0.0885 e. The first kappa shape index (κ1) is 14.6. The third-order valence-electron chi connectivity index (χ3n) is 3.12. The van der Waals surface area contributed by atoms with E-state index in [9.17, 15) is 5.11 Å². The maximum absolute atomic E-state index is 10.2. The number of rotatable bonds is 3. The molecule has 0 aliphatic heterocycles. The van der Waals surface area contributed by atoms with E-state index >= 15 is 0 Å². The van der Waals surface area contributed by atoms with E-state index in [1.807, 2.05) is 6.26 Å². The topological polar surface area (TPSA) is 20.2 Å². The highest BCUT2D eigenvalue weighted by atomic mass is 32.2. The molecular formula is C15H24OS. The molecule has 1 N–H and O–H groups in total. The van der Waals surface area contributed by atoms with Gasteiger partial charge in [0.2, 0.25) is 0 Å². The van der Waals surface area contributed by atoms with Crippen LogP contribution in [0.5, 0.6) is 0 Å². The summed E-state index contributed by atoms with van der Waals surface area (Å²) in [5.74, 6) is 0.760. The van der Waals surface area contributed by atoms with Crippen LogP contribution in [0, 0.1) is 13.8 Å². The van der Waals surface area contributed by atoms with Gasteiger partial charge in [-0.3, -0.25) is 0 Å². The van der Waals surface area contributed by atoms with Gasteiger partial charge in [0.1, 0.15) is 0 Å². The minimum Gasteiger partial charge on any atom is -0.388 e. The van der Waals surface area contributed by atoms with Gasteiger partial charge in [-0.25, -0.2) is 0 Å². The van der Waals surface area contributed by atoms with Gasteiger partial charge in [0.25, 0.3) is 0 Å². The summed E-state index contributed by atoms with van der Waals surface area (Å²) in [6.45, 7) is 10.9. The SMILES string of the molecule is CSCC(O)c1c(C)cc(C(C)(C)C)cc1C. The van der Waals surface area contributed by atoms with Gasteiger partial charge >= 0.3 is 0 Å². The molecule has 1 unspecified atom stereocenters. The van der Waals surface area contributed by atoms with E-state index in [1.165, 1.54) is 16.7 Å². The highest BCUT2D eigenvalue weighted by Crippen LogP contribution is 2.30. The second-order valence-electron chi connectivity index (χ2n) is 5.74. The van der Waals surface area contributed by atoms with Crippen LogP contribution in [0.25, 0.3) is 0 Å². The fraction of sp³-hybridized carbons (Fsp3) is 0.600. The Hall–Kier alpha value is -0.470. The number of aliphatic hydroxyl groups excluding tert-OH is 1. The van der Waals surface area contributed by atoms with Crippen LogP contribution in [0.4, 0.5) is 0 Å². The van der Waals surface area contributed by atoms with E-state index < -0.39 is 0 Å². The molecule has 0 spiro atoms. The van der Waals surface area contributed by atoms with Gasteiger partial charge in [-0.05, 0) is 47.8 Å². The summed E-state index contributed by atoms with van der Waals surface area (Å²) >= 11 is 1.68. The number of benzene rings is 1. The Labute approximate surface area is 110 Å². The zero-order chi connectivity index (χ0) is 13.2. The van der Waals surface area contributed by atoms with Crippen LogP contribution >= 0.6 is 11.8 Å². The fourth-order valence-electron chi connectivity index (χ4n) is 2.17. The fourth-order valence-corrected chi connectivity index (χ4v) is 2.66. The third kappa shape index (κ3) is 3.49. The molecule has 0 saturated carbocycles. The van der Waals surface area contributed by atoms with Crippen molar-refractivity contribution >= 4 is 11.8 Å². The van der Waals surface area contributed by atoms with Crippen LogP contribution in [0.1, 0.15) is 49.1 Å². The second kappa shape index (κ2) is 5.45. The zero-order valence-electron chi connectivity index (χ0n) is 11.8. The largest absolute Gasteiger partial charge is 0.388 e. The van der Waals surface area contributed by atoms with Gasteiger partial charge in [0.15, 0.2) is 0 Å². The number of aliphatic hydroxyl groups is 1. The molecule has 2 heteroatoms. The van der Waals surface area contributed by atoms with Crippen LogP contribution in [0.2, 0.25) is 0 Å². The lowest BCUT2D eigenvalue weighted by Gasteiger charge is -2.24. The summed E-state index contributed by atoms with van der Waals surface area (Å²) in [6, 6.07) is 4.43. The summed E-state index contributed by atoms with van der Waals surface area (Å²) in [5.41, 5.74) is 5.02. The molecule has 0 aromatic heterocycles. The molecule has 0 radical (unpaired) electrons. The highest BCUT2D eigenvalue weighted by Gasteiger charge is 2.19. The predicted octanol–water partition coefficient (Wildman–Crippen LogP) is 4.00. The molecule has 1 nitrogen and oxygen atoms in total. The van der Waals surface area contributed by atoms with Gasteiger partial charge in [-0.2, -0.15) is 11.8 Å². The van der Waals surface area contributed by atoms with E-state index in [-0.39, 0.29) is 11.5 Å². The Balaban J connectivity index is 3.20. The molecule has 96 valence electrons. The zero-order valence-corrected chi connectivity index (χ0v) is 12.6. The maximum atomic E-state index is 10.2. The summed E-state index contributed by atoms with van der Waals surface area (Å²) in [5, 5.41) is 10.2. The minimum atomic E-state index is -0.348. The second-order valence-corrected chi connectivity index (χ2v) is 6.66. The van der Waals surface area contributed by atoms with Crippen molar-refractivity contribution in [2.75, 3.05) is 12.0 Å². The first-order valence-corrected chi connectivity index (χ1v) is 7.45. The van der Waals surface area contributed by atoms with Crippen molar-refractivity contribution in [2.45, 2.75) is 46.1 Å². The highest BCUT2D eigenvalue weighted by molar-refractivity contribution is 7.98. The van der Waals surface area contributed by atoms with E-state index in [2.05, 4.69) is 46.8 Å². The van der Waals surface area contributed by atoms with E-state index in [0.717, 1.165) is 11.3 Å². The molecule has 1 rings (SSSR count). The quantitative estimate of drug-likeness (QED) is 0.877. The van der Waals surface area contributed by atoms with Crippen LogP contribution in [-0.2, 0) is 5.41 Å². The van der Waals surface area contributed by atoms with Crippen molar-refractivity contribution in [3.05, 3.63) is 34.4 Å². The molecule has 0 heterocycles. The molecule has 0 aliphatic carbocycles. The van der Waals surface area contributed by atoms with Crippen LogP contribution in [0.15, 0.2) is 12.1 Å². The predicted molar refractivity (Wildman–Crippen MR) is 78.0 cm³/mol. The molecule has 0 saturated heterocycles. The standard InChI is InChI=1S/C15H24OS/c1-10-7-12(15(3,4)5)8-11(2)14(10)13(16)9-17-6/h7-8,13,16H,9H2,1-6H3. The van der Waals surface area contributed by atoms with Gasteiger partial charge in [0, 0.05) is 5.75 Å². The normalized spacial score (nSPS) is 13.8. The Morgan fingerprint density at radius 2 is 1.65 bits per heavy atom. The Bertz CT molecular complexity index is 367. The lowest BCUT2D eigenvalue weighted by Crippen LogP contribution is -2.14. The molecular weight excluding hydrogens is 228 g/mol. The van der Waals surface area contributed by atoms with Crippen molar-refractivity contribution in [1.82, 2.24) is 0 Å². The van der Waals surface area contributed by atoms with E-state index in [0.29, 0.717) is 0 Å². The average molecular weight is 252 g/mol. The van der Waals surface area contributed by atoms with Gasteiger partial charge in [-0.1, -0.05) is 32.9 Å². The van der Waals surface area contributed by atoms with Crippen molar-refractivity contribution < 1.29 is 5.11 Å². The number of hydrogen-bond acceptors (Lipinski definition) is 2. The minimum absolute atomic E-state index is 0.165. The van der Waals surface area contributed by atoms with Crippen LogP contribution < -0.4 is 0 Å². The Morgan fingerprint density at radius 3 is 2.00 bits per heavy atom. The molecule has 0 fully saturated rings. The number of hydrogen-bond donors (Lipinski definition) is 1. The van der Waals surface area contributed by atoms with Crippen LogP contribution in [-0.4, -0.2) is 17.1 Å². The van der Waals surface area contributed by atoms with E-state index in [1.54, 1.807) is 11.8 Å². The Morgan fingerprint density at radius 1 is 1.18 bits per heavy atom. The lowest BCUT2D eigenvalue weighted by molar-refractivity contribution is 0.202. The Kier molecular flexibility index (Phi) is 4.68. The molecule has 0 bridgehead atoms. The van der Waals surface area contributed by atoms with Crippen molar-refractivity contribution in [3.63, 3.8) is 0 Å². The van der Waals surface area contributed by atoms with Gasteiger partial charge in [0.05, 0.1) is 6.10 Å². The van der Waals surface area contributed by atoms with Crippen LogP contribution in [0.3, 0.4) is 0 Å². The summed E-state index contributed by atoms with van der Waals surface area (Å²) in [6.07, 6.45) is 1.68. The number of aryl methyl sites for hydroxylation is 2. The van der Waals surface area contributed by atoms with Gasteiger partial charge in [-0.15, -0.1) is 0 Å². The maximum Gasteiger partial charge on any atom is 0.0885 e. The van der Waals surface area contributed by atoms with Gasteiger partial charge < -0.3 is 5.11 Å². The molecule has 1 aromatic rings. The third-order valence-corrected chi connectivity index (χ3v) is 3.77. The van der Waals surface area contributed by atoms with Crippen molar-refractivity contribution in [1.29, 1.82) is 0 Å². The number of thioether (sulfide) groups is 1. The summed E-state index contributed by atoms with van der Waals surface area (Å²) in [4.78, 5) is 0. The molecule has 17 heavy (non-hydrogen) atoms. The molecule has 0 amide bonds. The summed E-state index contributed by atoms with van der Waals surface area (Å²) in [7, 11) is 0. The average Bonchev–Trinajstić information content (AvgIpc) is 2.15. The molecule has 1 atom stereocenters. The first-order chi connectivity index (χ1) is 7.77. The first-order valence-electron chi connectivity index (χ1n) is 6.06. The van der Waals surface area contributed by atoms with Crippen molar-refractivity contribution in [2.24, 2.45) is 0 Å². The lowest BCUT2D eigenvalue weighted by atomic mass is 9.83. The molecule has 1 aromatic carbocycles. The van der Waals surface area contributed by atoms with Crippen molar-refractivity contribution in [3.8, 4) is 0 Å². The van der Waals surface area contributed by atoms with E-state index in [4.69, 9.17) is 0 Å². The monoisotopic (exact) mass is 252 g/mol. The summed E-state index contributed by atoms with van der Waals surface area (Å²) < 4.78 is 0. The molecule has 0 aliphatic rings.